The number of amides is 3. The lowest BCUT2D eigenvalue weighted by molar-refractivity contribution is -0.142. The lowest BCUT2D eigenvalue weighted by Gasteiger charge is -2.27. The predicted octanol–water partition coefficient (Wildman–Crippen LogP) is -3.42. The number of rotatable bonds is 18. The summed E-state index contributed by atoms with van der Waals surface area (Å²) in [5, 5.41) is 17.3. The molecule has 3 amide bonds. The van der Waals surface area contributed by atoms with Gasteiger partial charge >= 0.3 is 5.97 Å². The number of carbonyl (C=O) groups is 4. The first kappa shape index (κ1) is 33.6. The fourth-order valence-electron chi connectivity index (χ4n) is 3.57. The van der Waals surface area contributed by atoms with E-state index in [0.29, 0.717) is 18.5 Å². The zero-order valence-corrected chi connectivity index (χ0v) is 22.8. The van der Waals surface area contributed by atoms with Gasteiger partial charge in [0.2, 0.25) is 17.7 Å². The van der Waals surface area contributed by atoms with Crippen LogP contribution in [0.15, 0.2) is 22.5 Å². The summed E-state index contributed by atoms with van der Waals surface area (Å²) in [6.45, 7) is 3.87. The van der Waals surface area contributed by atoms with Gasteiger partial charge in [0.15, 0.2) is 11.9 Å². The van der Waals surface area contributed by atoms with Gasteiger partial charge in [-0.05, 0) is 31.6 Å². The minimum absolute atomic E-state index is 0.0373. The molecule has 1 aromatic heterocycles. The summed E-state index contributed by atoms with van der Waals surface area (Å²) in [7, 11) is 0. The van der Waals surface area contributed by atoms with Gasteiger partial charge in [-0.2, -0.15) is 0 Å². The van der Waals surface area contributed by atoms with Crippen LogP contribution in [-0.2, 0) is 25.6 Å². The molecule has 1 heterocycles. The Balaban J connectivity index is 2.94. The minimum atomic E-state index is -1.27. The van der Waals surface area contributed by atoms with Crippen LogP contribution in [0.25, 0.3) is 0 Å². The minimum Gasteiger partial charge on any atom is -0.480 e. The molecule has 15 N–H and O–H groups in total. The van der Waals surface area contributed by atoms with Crippen LogP contribution in [0.1, 0.15) is 45.2 Å². The number of nitrogens with zero attached hydrogens (tertiary/aromatic N) is 3. The van der Waals surface area contributed by atoms with Crippen LogP contribution < -0.4 is 44.6 Å². The molecule has 4 unspecified atom stereocenters. The largest absolute Gasteiger partial charge is 0.480 e. The Morgan fingerprint density at radius 1 is 0.900 bits per heavy atom. The average molecular weight is 567 g/mol. The van der Waals surface area contributed by atoms with Gasteiger partial charge in [0.25, 0.3) is 0 Å². The molecule has 1 aromatic rings. The first-order valence-corrected chi connectivity index (χ1v) is 12.8. The average Bonchev–Trinajstić information content (AvgIpc) is 3.38. The Morgan fingerprint density at radius 2 is 1.48 bits per heavy atom. The molecule has 4 atom stereocenters. The number of carboxylic acid groups (broad SMARTS) is 1. The highest BCUT2D eigenvalue weighted by molar-refractivity contribution is 5.94. The summed E-state index contributed by atoms with van der Waals surface area (Å²) in [4.78, 5) is 65.1. The van der Waals surface area contributed by atoms with Crippen molar-refractivity contribution in [3.63, 3.8) is 0 Å². The van der Waals surface area contributed by atoms with Crippen molar-refractivity contribution in [3.8, 4) is 0 Å². The van der Waals surface area contributed by atoms with Gasteiger partial charge in [-0.25, -0.2) is 9.78 Å². The number of carboxylic acids is 1. The third-order valence-corrected chi connectivity index (χ3v) is 5.72. The maximum absolute atomic E-state index is 13.3. The summed E-state index contributed by atoms with van der Waals surface area (Å²) in [6, 6.07) is -4.37. The summed E-state index contributed by atoms with van der Waals surface area (Å²) in [5.41, 5.74) is 27.8. The number of H-pyrrole nitrogens is 1. The molecule has 0 aliphatic heterocycles. The summed E-state index contributed by atoms with van der Waals surface area (Å²) >= 11 is 0. The summed E-state index contributed by atoms with van der Waals surface area (Å²) in [6.07, 6.45) is 3.97. The lowest BCUT2D eigenvalue weighted by atomic mass is 10.0. The van der Waals surface area contributed by atoms with Crippen molar-refractivity contribution in [2.24, 2.45) is 44.6 Å². The molecule has 0 aliphatic carbocycles. The monoisotopic (exact) mass is 566 g/mol. The van der Waals surface area contributed by atoms with E-state index in [1.54, 1.807) is 13.8 Å². The smallest absolute Gasteiger partial charge is 0.326 e. The highest BCUT2D eigenvalue weighted by Crippen LogP contribution is 2.08. The van der Waals surface area contributed by atoms with E-state index in [1.165, 1.54) is 12.5 Å². The third-order valence-electron chi connectivity index (χ3n) is 5.72. The lowest BCUT2D eigenvalue weighted by Crippen LogP contribution is -2.58. The normalized spacial score (nSPS) is 13.8. The molecule has 17 heteroatoms. The molecular weight excluding hydrogens is 524 g/mol. The standard InChI is InChI=1S/C23H42N12O5/c1-12(2)17(20(38)34-16(21(39)40)9-13-10-29-11-32-13)35-19(37)15(6-4-8-31-23(27)28)33-18(36)14(24)5-3-7-30-22(25)26/h10-12,14-17H,3-9,24H2,1-2H3,(H,29,32)(H,33,36)(H,34,38)(H,35,37)(H,39,40)(H4,25,26,30)(H4,27,28,31). The van der Waals surface area contributed by atoms with Gasteiger partial charge in [0, 0.05) is 31.4 Å². The number of aromatic nitrogens is 2. The first-order valence-electron chi connectivity index (χ1n) is 12.8. The number of imidazole rings is 1. The number of carbonyl (C=O) groups excluding carboxylic acids is 3. The van der Waals surface area contributed by atoms with Gasteiger partial charge in [0.1, 0.15) is 18.1 Å². The quantitative estimate of drug-likeness (QED) is 0.0473. The summed E-state index contributed by atoms with van der Waals surface area (Å²) < 4.78 is 0. The molecule has 0 radical (unpaired) electrons. The van der Waals surface area contributed by atoms with E-state index >= 15 is 0 Å². The highest BCUT2D eigenvalue weighted by Gasteiger charge is 2.32. The Kier molecular flexibility index (Phi) is 14.5. The van der Waals surface area contributed by atoms with Crippen LogP contribution >= 0.6 is 0 Å². The molecule has 0 aromatic carbocycles. The van der Waals surface area contributed by atoms with E-state index in [4.69, 9.17) is 28.7 Å². The van der Waals surface area contributed by atoms with Crippen molar-refractivity contribution in [2.75, 3.05) is 13.1 Å². The Hall–Kier alpha value is -4.41. The van der Waals surface area contributed by atoms with Crippen molar-refractivity contribution in [1.82, 2.24) is 25.9 Å². The number of nitrogens with one attached hydrogen (secondary N) is 4. The van der Waals surface area contributed by atoms with Crippen molar-refractivity contribution in [1.29, 1.82) is 0 Å². The van der Waals surface area contributed by atoms with Crippen LogP contribution in [0.4, 0.5) is 0 Å². The van der Waals surface area contributed by atoms with Crippen LogP contribution in [0.5, 0.6) is 0 Å². The Morgan fingerprint density at radius 3 is 1.98 bits per heavy atom. The van der Waals surface area contributed by atoms with Crippen LogP contribution in [0, 0.1) is 5.92 Å². The molecular formula is C23H42N12O5. The van der Waals surface area contributed by atoms with Crippen LogP contribution in [0.3, 0.4) is 0 Å². The fraction of sp³-hybridized carbons (Fsp3) is 0.609. The van der Waals surface area contributed by atoms with Gasteiger partial charge in [0.05, 0.1) is 12.4 Å². The van der Waals surface area contributed by atoms with E-state index in [2.05, 4.69) is 35.9 Å². The fourth-order valence-corrected chi connectivity index (χ4v) is 3.57. The van der Waals surface area contributed by atoms with Crippen molar-refractivity contribution >= 4 is 35.6 Å². The maximum Gasteiger partial charge on any atom is 0.326 e. The zero-order valence-electron chi connectivity index (χ0n) is 22.8. The second-order valence-electron chi connectivity index (χ2n) is 9.48. The number of hydrogen-bond acceptors (Lipinski definition) is 8. The number of aliphatic imine (C=N–C) groups is 2. The number of hydrogen-bond donors (Lipinski definition) is 10. The predicted molar refractivity (Wildman–Crippen MR) is 148 cm³/mol. The molecule has 0 bridgehead atoms. The molecule has 1 rings (SSSR count). The van der Waals surface area contributed by atoms with E-state index in [0.717, 1.165) is 0 Å². The van der Waals surface area contributed by atoms with Crippen molar-refractivity contribution < 1.29 is 24.3 Å². The van der Waals surface area contributed by atoms with E-state index in [1.807, 2.05) is 0 Å². The molecule has 40 heavy (non-hydrogen) atoms. The van der Waals surface area contributed by atoms with Gasteiger partial charge in [-0.15, -0.1) is 0 Å². The van der Waals surface area contributed by atoms with Gasteiger partial charge in [-0.1, -0.05) is 13.8 Å². The van der Waals surface area contributed by atoms with Gasteiger partial charge in [-0.3, -0.25) is 24.4 Å². The molecule has 17 nitrogen and oxygen atoms in total. The van der Waals surface area contributed by atoms with Crippen molar-refractivity contribution in [3.05, 3.63) is 18.2 Å². The van der Waals surface area contributed by atoms with E-state index in [9.17, 15) is 24.3 Å². The number of guanidine groups is 2. The summed E-state index contributed by atoms with van der Waals surface area (Å²) in [5.74, 6) is -3.79. The number of nitrogens with two attached hydrogens (primary N) is 5. The highest BCUT2D eigenvalue weighted by atomic mass is 16.4. The van der Waals surface area contributed by atoms with Gasteiger partial charge < -0.3 is 54.7 Å². The number of aliphatic carboxylic acids is 1. The Bertz CT molecular complexity index is 1020. The van der Waals surface area contributed by atoms with E-state index in [-0.39, 0.29) is 44.3 Å². The van der Waals surface area contributed by atoms with Crippen molar-refractivity contribution in [2.45, 2.75) is 70.1 Å². The molecule has 224 valence electrons. The molecule has 0 saturated carbocycles. The maximum atomic E-state index is 13.3. The second-order valence-corrected chi connectivity index (χ2v) is 9.48. The SMILES string of the molecule is CC(C)C(NC(=O)C(CCCN=C(N)N)NC(=O)C(N)CCCN=C(N)N)C(=O)NC(Cc1cnc[nH]1)C(=O)O. The molecule has 0 saturated heterocycles. The van der Waals surface area contributed by atoms with Crippen LogP contribution in [0.2, 0.25) is 0 Å². The molecule has 0 aliphatic rings. The topological polar surface area (TPSA) is 308 Å². The third kappa shape index (κ3) is 12.9. The zero-order chi connectivity index (χ0) is 30.2. The first-order chi connectivity index (χ1) is 18.8. The number of aromatic amines is 1. The molecule has 0 spiro atoms. The van der Waals surface area contributed by atoms with E-state index < -0.39 is 53.8 Å². The molecule has 0 fully saturated rings. The second kappa shape index (κ2) is 17.2. The Labute approximate surface area is 232 Å². The van der Waals surface area contributed by atoms with Crippen LogP contribution in [-0.4, -0.2) is 87.9 Å².